The van der Waals surface area contributed by atoms with E-state index in [9.17, 15) is 19.7 Å². The van der Waals surface area contributed by atoms with Gasteiger partial charge in [-0.25, -0.2) is 14.4 Å². The highest BCUT2D eigenvalue weighted by molar-refractivity contribution is 5.91. The van der Waals surface area contributed by atoms with Gasteiger partial charge >= 0.3 is 0 Å². The van der Waals surface area contributed by atoms with Crippen molar-refractivity contribution in [1.29, 1.82) is 0 Å². The summed E-state index contributed by atoms with van der Waals surface area (Å²) in [5, 5.41) is 29.4. The molecule has 8 nitrogen and oxygen atoms in total. The number of hydrogen-bond donors (Lipinski definition) is 3. The van der Waals surface area contributed by atoms with Crippen LogP contribution in [0.1, 0.15) is 6.23 Å². The Morgan fingerprint density at radius 2 is 2.08 bits per heavy atom. The van der Waals surface area contributed by atoms with Gasteiger partial charge in [0.15, 0.2) is 12.0 Å². The van der Waals surface area contributed by atoms with E-state index in [-0.39, 0.29) is 11.0 Å². The second kappa shape index (κ2) is 5.64. The average Bonchev–Trinajstić information content (AvgIpc) is 3.29. The van der Waals surface area contributed by atoms with E-state index in [4.69, 9.17) is 9.15 Å². The monoisotopic (exact) mass is 335 g/mol. The molecule has 9 heteroatoms. The highest BCUT2D eigenvalue weighted by Gasteiger charge is 2.44. The van der Waals surface area contributed by atoms with E-state index in [2.05, 4.69) is 9.97 Å². The molecule has 0 bridgehead atoms. The van der Waals surface area contributed by atoms with Gasteiger partial charge in [0.2, 0.25) is 0 Å². The summed E-state index contributed by atoms with van der Waals surface area (Å²) >= 11 is 0. The molecule has 24 heavy (non-hydrogen) atoms. The maximum absolute atomic E-state index is 14.5. The van der Waals surface area contributed by atoms with Crippen LogP contribution in [0.4, 0.5) is 4.39 Å². The Kier molecular flexibility index (Phi) is 3.57. The molecule has 0 radical (unpaired) electrons. The molecule has 0 amide bonds. The Morgan fingerprint density at radius 3 is 2.75 bits per heavy atom. The number of aliphatic hydroxyl groups is 3. The molecule has 0 aliphatic carbocycles. The summed E-state index contributed by atoms with van der Waals surface area (Å²) in [5.74, 6) is -0.598. The Hall–Kier alpha value is -2.33. The van der Waals surface area contributed by atoms with E-state index in [1.807, 2.05) is 0 Å². The molecule has 0 aromatic carbocycles. The molecule has 1 fully saturated rings. The van der Waals surface area contributed by atoms with E-state index in [1.54, 1.807) is 6.07 Å². The molecule has 126 valence electrons. The summed E-state index contributed by atoms with van der Waals surface area (Å²) in [6, 6.07) is 1.64. The number of furan rings is 1. The highest BCUT2D eigenvalue weighted by Crippen LogP contribution is 2.35. The van der Waals surface area contributed by atoms with Gasteiger partial charge in [0.25, 0.3) is 0 Å². The first-order valence-corrected chi connectivity index (χ1v) is 7.28. The molecule has 0 saturated carbocycles. The van der Waals surface area contributed by atoms with Gasteiger partial charge in [0, 0.05) is 11.8 Å². The van der Waals surface area contributed by atoms with E-state index in [0.29, 0.717) is 11.3 Å². The van der Waals surface area contributed by atoms with Crippen molar-refractivity contribution >= 4 is 11.0 Å². The van der Waals surface area contributed by atoms with Crippen LogP contribution in [-0.4, -0.2) is 54.8 Å². The summed E-state index contributed by atoms with van der Waals surface area (Å²) in [4.78, 5) is 8.17. The molecule has 4 atom stereocenters. The molecule has 0 spiro atoms. The first-order valence-electron chi connectivity index (χ1n) is 7.28. The van der Waals surface area contributed by atoms with Crippen LogP contribution in [-0.2, 0) is 4.74 Å². The van der Waals surface area contributed by atoms with Crippen LogP contribution in [0, 0.1) is 5.82 Å². The summed E-state index contributed by atoms with van der Waals surface area (Å²) < 4.78 is 26.3. The van der Waals surface area contributed by atoms with Crippen LogP contribution in [0.2, 0.25) is 0 Å². The predicted molar refractivity (Wildman–Crippen MR) is 78.2 cm³/mol. The van der Waals surface area contributed by atoms with E-state index >= 15 is 0 Å². The van der Waals surface area contributed by atoms with Crippen molar-refractivity contribution in [2.24, 2.45) is 0 Å². The topological polar surface area (TPSA) is 114 Å². The van der Waals surface area contributed by atoms with Crippen molar-refractivity contribution < 1.29 is 28.9 Å². The van der Waals surface area contributed by atoms with Crippen LogP contribution in [0.15, 0.2) is 35.5 Å². The maximum atomic E-state index is 14.5. The van der Waals surface area contributed by atoms with Gasteiger partial charge < -0.3 is 29.0 Å². The summed E-state index contributed by atoms with van der Waals surface area (Å²) in [5.41, 5.74) is 1.13. The van der Waals surface area contributed by atoms with Gasteiger partial charge in [-0.15, -0.1) is 0 Å². The second-order valence-electron chi connectivity index (χ2n) is 5.55. The second-order valence-corrected chi connectivity index (χ2v) is 5.55. The lowest BCUT2D eigenvalue weighted by atomic mass is 10.1. The van der Waals surface area contributed by atoms with Crippen molar-refractivity contribution in [1.82, 2.24) is 14.5 Å². The molecule has 1 aliphatic rings. The minimum Gasteiger partial charge on any atom is -0.472 e. The van der Waals surface area contributed by atoms with Crippen LogP contribution < -0.4 is 0 Å². The number of aromatic nitrogens is 3. The van der Waals surface area contributed by atoms with Gasteiger partial charge in [-0.3, -0.25) is 0 Å². The molecule has 3 N–H and O–H groups in total. The largest absolute Gasteiger partial charge is 0.472 e. The van der Waals surface area contributed by atoms with Crippen molar-refractivity contribution in [3.05, 3.63) is 36.9 Å². The third-order valence-corrected chi connectivity index (χ3v) is 4.15. The first-order chi connectivity index (χ1) is 11.6. The zero-order valence-corrected chi connectivity index (χ0v) is 12.3. The molecular formula is C15H14FN3O5. The Labute approximate surface area is 134 Å². The lowest BCUT2D eigenvalue weighted by Crippen LogP contribution is -2.33. The molecule has 4 rings (SSSR count). The number of halogens is 1. The van der Waals surface area contributed by atoms with Crippen molar-refractivity contribution in [2.45, 2.75) is 24.5 Å². The fraction of sp³-hybridized carbons (Fsp3) is 0.333. The van der Waals surface area contributed by atoms with Crippen LogP contribution in [0.25, 0.3) is 22.3 Å². The van der Waals surface area contributed by atoms with Crippen LogP contribution >= 0.6 is 0 Å². The van der Waals surface area contributed by atoms with Crippen molar-refractivity contribution in [3.8, 4) is 11.3 Å². The third-order valence-electron chi connectivity index (χ3n) is 4.15. The van der Waals surface area contributed by atoms with Crippen LogP contribution in [0.3, 0.4) is 0 Å². The first kappa shape index (κ1) is 15.2. The molecule has 1 aliphatic heterocycles. The third kappa shape index (κ3) is 2.13. The van der Waals surface area contributed by atoms with E-state index in [0.717, 1.165) is 6.20 Å². The van der Waals surface area contributed by atoms with Gasteiger partial charge in [-0.2, -0.15) is 0 Å². The number of aliphatic hydroxyl groups excluding tert-OH is 3. The number of rotatable bonds is 3. The number of nitrogens with zero attached hydrogens (tertiary/aromatic N) is 3. The zero-order chi connectivity index (χ0) is 16.8. The maximum Gasteiger partial charge on any atom is 0.164 e. The highest BCUT2D eigenvalue weighted by atomic mass is 19.1. The van der Waals surface area contributed by atoms with E-state index < -0.39 is 37.0 Å². The quantitative estimate of drug-likeness (QED) is 0.636. The van der Waals surface area contributed by atoms with Gasteiger partial charge in [-0.05, 0) is 6.07 Å². The fourth-order valence-corrected chi connectivity index (χ4v) is 2.96. The van der Waals surface area contributed by atoms with Crippen molar-refractivity contribution in [2.75, 3.05) is 6.61 Å². The predicted octanol–water partition coefficient (Wildman–Crippen LogP) is 0.442. The Balaban J connectivity index is 1.86. The van der Waals surface area contributed by atoms with Crippen LogP contribution in [0.5, 0.6) is 0 Å². The van der Waals surface area contributed by atoms with Gasteiger partial charge in [0.1, 0.15) is 30.3 Å². The number of fused-ring (bicyclic) bond motifs is 1. The lowest BCUT2D eigenvalue weighted by molar-refractivity contribution is -0.0510. The molecule has 3 aromatic heterocycles. The van der Waals surface area contributed by atoms with Gasteiger partial charge in [-0.1, -0.05) is 0 Å². The number of ether oxygens (including phenoxy) is 1. The Bertz CT molecular complexity index is 866. The normalized spacial score (nSPS) is 27.2. The smallest absolute Gasteiger partial charge is 0.164 e. The molecule has 1 unspecified atom stereocenters. The van der Waals surface area contributed by atoms with Crippen molar-refractivity contribution in [3.63, 3.8) is 0 Å². The zero-order valence-electron chi connectivity index (χ0n) is 12.3. The molecule has 1 saturated heterocycles. The average molecular weight is 335 g/mol. The summed E-state index contributed by atoms with van der Waals surface area (Å²) in [7, 11) is 0. The summed E-state index contributed by atoms with van der Waals surface area (Å²) in [6.45, 7) is -0.467. The van der Waals surface area contributed by atoms with Gasteiger partial charge in [0.05, 0.1) is 30.2 Å². The lowest BCUT2D eigenvalue weighted by Gasteiger charge is -2.17. The molecular weight excluding hydrogens is 321 g/mol. The molecule has 3 aromatic rings. The standard InChI is InChI=1S/C15H14FN3O5/c16-8-3-19(15-13(22)12(21)9(4-20)24-15)14-10(8)11(17-6-18-14)7-1-2-23-5-7/h1-3,5-6,9,12-13,15,20-22H,4H2/t9-,12-,13?,15-/m1/s1. The number of hydrogen-bond acceptors (Lipinski definition) is 7. The fourth-order valence-electron chi connectivity index (χ4n) is 2.96. The SMILES string of the molecule is OC[C@H]1O[C@@H](n2cc(F)c3c(-c4ccoc4)ncnc32)C(O)[C@@H]1O. The summed E-state index contributed by atoms with van der Waals surface area (Å²) in [6.07, 6.45) is 0.637. The molecule has 4 heterocycles. The minimum absolute atomic E-state index is 0.150. The minimum atomic E-state index is -1.33. The van der Waals surface area contributed by atoms with E-state index in [1.165, 1.54) is 23.4 Å². The Morgan fingerprint density at radius 1 is 1.25 bits per heavy atom.